The number of piperidine rings is 2. The van der Waals surface area contributed by atoms with E-state index in [1.165, 1.54) is 49.5 Å². The Labute approximate surface area is 216 Å². The van der Waals surface area contributed by atoms with Gasteiger partial charge in [-0.1, -0.05) is 13.0 Å². The maximum absolute atomic E-state index is 14.7. The fourth-order valence-electron chi connectivity index (χ4n) is 5.39. The maximum Gasteiger partial charge on any atom is 0.224 e. The standard InChI is InChI=1S/C26H33FN10/c1-17(15-28)24(30-16-19-6-5-13-36-12-4-3-7-22(19)36)32-26(29-2)31-20-10-11-21(27)23(14-20)37-25(18-8-9-18)33-34-35-37/h10-11,14,18-19,22H,1,3-9,12-13,16H2,2H3,(H2,29,30,31,32)/t19-,22+/m0/s1. The molecule has 1 aromatic carbocycles. The molecule has 2 N–H and O–H groups in total. The van der Waals surface area contributed by atoms with Gasteiger partial charge in [0.2, 0.25) is 5.96 Å². The van der Waals surface area contributed by atoms with Gasteiger partial charge in [0.25, 0.3) is 0 Å². The monoisotopic (exact) mass is 504 g/mol. The van der Waals surface area contributed by atoms with Gasteiger partial charge in [0.05, 0.1) is 5.57 Å². The highest BCUT2D eigenvalue weighted by molar-refractivity contribution is 6.10. The second kappa shape index (κ2) is 11.2. The lowest BCUT2D eigenvalue weighted by atomic mass is 9.83. The number of tetrazole rings is 1. The predicted octanol–water partition coefficient (Wildman–Crippen LogP) is 3.41. The highest BCUT2D eigenvalue weighted by atomic mass is 19.1. The molecule has 0 spiro atoms. The van der Waals surface area contributed by atoms with E-state index in [1.54, 1.807) is 19.2 Å². The number of amidine groups is 1. The first-order valence-corrected chi connectivity index (χ1v) is 13.1. The van der Waals surface area contributed by atoms with Crippen LogP contribution in [0.25, 0.3) is 5.69 Å². The number of nitriles is 1. The molecule has 1 saturated carbocycles. The Morgan fingerprint density at radius 1 is 1.22 bits per heavy atom. The Balaban J connectivity index is 1.32. The number of fused-ring (bicyclic) bond motifs is 1. The van der Waals surface area contributed by atoms with E-state index < -0.39 is 5.82 Å². The van der Waals surface area contributed by atoms with Crippen LogP contribution in [0.3, 0.4) is 0 Å². The van der Waals surface area contributed by atoms with E-state index in [0.717, 1.165) is 25.8 Å². The zero-order valence-electron chi connectivity index (χ0n) is 21.2. The lowest BCUT2D eigenvalue weighted by Crippen LogP contribution is -2.51. The Kier molecular flexibility index (Phi) is 7.55. The van der Waals surface area contributed by atoms with Crippen LogP contribution in [-0.2, 0) is 0 Å². The van der Waals surface area contributed by atoms with Gasteiger partial charge in [-0.05, 0) is 86.2 Å². The number of aromatic nitrogens is 4. The van der Waals surface area contributed by atoms with Crippen LogP contribution in [0.15, 0.2) is 40.3 Å². The van der Waals surface area contributed by atoms with Crippen LogP contribution in [0.4, 0.5) is 10.1 Å². The minimum atomic E-state index is -0.428. The van der Waals surface area contributed by atoms with Crippen LogP contribution < -0.4 is 10.6 Å². The van der Waals surface area contributed by atoms with Gasteiger partial charge in [0, 0.05) is 31.2 Å². The molecule has 2 saturated heterocycles. The summed E-state index contributed by atoms with van der Waals surface area (Å²) >= 11 is 0. The molecule has 194 valence electrons. The Morgan fingerprint density at radius 2 is 2.05 bits per heavy atom. The van der Waals surface area contributed by atoms with Crippen LogP contribution >= 0.6 is 0 Å². The fraction of sp³-hybridized carbons (Fsp3) is 0.538. The van der Waals surface area contributed by atoms with Gasteiger partial charge in [-0.15, -0.1) is 5.10 Å². The summed E-state index contributed by atoms with van der Waals surface area (Å²) in [6, 6.07) is 7.27. The zero-order valence-corrected chi connectivity index (χ0v) is 21.2. The molecule has 11 heteroatoms. The highest BCUT2D eigenvalue weighted by Crippen LogP contribution is 2.39. The van der Waals surface area contributed by atoms with Gasteiger partial charge >= 0.3 is 0 Å². The molecular weight excluding hydrogens is 471 g/mol. The summed E-state index contributed by atoms with van der Waals surface area (Å²) in [6.07, 6.45) is 8.11. The normalized spacial score (nSPS) is 22.7. The minimum absolute atomic E-state index is 0.238. The number of nitrogens with zero attached hydrogens (tertiary/aromatic N) is 8. The number of halogens is 1. The summed E-state index contributed by atoms with van der Waals surface area (Å²) in [5.74, 6) is 1.66. The maximum atomic E-state index is 14.7. The first kappa shape index (κ1) is 25.0. The van der Waals surface area contributed by atoms with Gasteiger partial charge in [0.15, 0.2) is 5.82 Å². The summed E-state index contributed by atoms with van der Waals surface area (Å²) in [6.45, 7) is 6.96. The molecule has 0 unspecified atom stereocenters. The van der Waals surface area contributed by atoms with E-state index in [4.69, 9.17) is 0 Å². The molecule has 3 heterocycles. The van der Waals surface area contributed by atoms with Crippen molar-refractivity contribution in [2.45, 2.75) is 56.9 Å². The van der Waals surface area contributed by atoms with E-state index >= 15 is 0 Å². The van der Waals surface area contributed by atoms with Crippen molar-refractivity contribution in [1.82, 2.24) is 30.4 Å². The minimum Gasteiger partial charge on any atom is -0.369 e. The SMILES string of the molecule is C=C(C#N)/C(=N\C(=N/C)Nc1ccc(F)c(-n2nnnc2C2CC2)c1)NC[C@@H]1CCCN2CCCC[C@H]12. The number of hydrogen-bond acceptors (Lipinski definition) is 6. The summed E-state index contributed by atoms with van der Waals surface area (Å²) in [4.78, 5) is 11.4. The molecule has 0 amide bonds. The van der Waals surface area contributed by atoms with Gasteiger partial charge in [0.1, 0.15) is 23.4 Å². The molecule has 2 atom stereocenters. The Hall–Kier alpha value is -3.65. The first-order valence-electron chi connectivity index (χ1n) is 13.1. The van der Waals surface area contributed by atoms with Crippen molar-refractivity contribution in [1.29, 1.82) is 5.26 Å². The van der Waals surface area contributed by atoms with Gasteiger partial charge < -0.3 is 15.5 Å². The summed E-state index contributed by atoms with van der Waals surface area (Å²) in [5.41, 5.74) is 1.07. The van der Waals surface area contributed by atoms with Crippen molar-refractivity contribution in [2.24, 2.45) is 15.9 Å². The summed E-state index contributed by atoms with van der Waals surface area (Å²) in [5, 5.41) is 27.9. The molecule has 37 heavy (non-hydrogen) atoms. The molecule has 0 radical (unpaired) electrons. The number of benzene rings is 1. The van der Waals surface area contributed by atoms with Crippen molar-refractivity contribution in [3.63, 3.8) is 0 Å². The number of anilines is 1. The topological polar surface area (TPSA) is 119 Å². The van der Waals surface area contributed by atoms with Gasteiger partial charge in [-0.3, -0.25) is 4.99 Å². The molecule has 5 rings (SSSR count). The molecule has 1 aliphatic carbocycles. The quantitative estimate of drug-likeness (QED) is 0.351. The predicted molar refractivity (Wildman–Crippen MR) is 140 cm³/mol. The smallest absolute Gasteiger partial charge is 0.224 e. The van der Waals surface area contributed by atoms with Crippen molar-refractivity contribution in [2.75, 3.05) is 32.0 Å². The average molecular weight is 505 g/mol. The molecule has 10 nitrogen and oxygen atoms in total. The van der Waals surface area contributed by atoms with Crippen LogP contribution in [0, 0.1) is 23.1 Å². The van der Waals surface area contributed by atoms with Crippen molar-refractivity contribution in [3.8, 4) is 11.8 Å². The zero-order chi connectivity index (χ0) is 25.8. The third kappa shape index (κ3) is 5.69. The van der Waals surface area contributed by atoms with E-state index in [9.17, 15) is 9.65 Å². The molecule has 2 aromatic rings. The lowest BCUT2D eigenvalue weighted by Gasteiger charge is -2.44. The third-order valence-corrected chi connectivity index (χ3v) is 7.48. The number of nitrogens with one attached hydrogen (secondary N) is 2. The lowest BCUT2D eigenvalue weighted by molar-refractivity contribution is 0.0614. The molecular formula is C26H33FN10. The number of guanidine groups is 1. The summed E-state index contributed by atoms with van der Waals surface area (Å²) in [7, 11) is 1.61. The summed E-state index contributed by atoms with van der Waals surface area (Å²) < 4.78 is 16.2. The van der Waals surface area contributed by atoms with Crippen LogP contribution in [0.1, 0.15) is 56.7 Å². The molecule has 2 aliphatic heterocycles. The molecule has 1 aromatic heterocycles. The molecule has 3 aliphatic rings. The molecule has 0 bridgehead atoms. The van der Waals surface area contributed by atoms with Crippen LogP contribution in [-0.4, -0.2) is 69.6 Å². The van der Waals surface area contributed by atoms with E-state index in [0.29, 0.717) is 29.3 Å². The van der Waals surface area contributed by atoms with Crippen molar-refractivity contribution in [3.05, 3.63) is 42.0 Å². The fourth-order valence-corrected chi connectivity index (χ4v) is 5.39. The largest absolute Gasteiger partial charge is 0.369 e. The number of hydrogen-bond donors (Lipinski definition) is 2. The van der Waals surface area contributed by atoms with Crippen molar-refractivity contribution >= 4 is 17.5 Å². The van der Waals surface area contributed by atoms with Gasteiger partial charge in [-0.25, -0.2) is 4.39 Å². The second-order valence-electron chi connectivity index (χ2n) is 9.99. The van der Waals surface area contributed by atoms with Crippen LogP contribution in [0.5, 0.6) is 0 Å². The van der Waals surface area contributed by atoms with Gasteiger partial charge in [-0.2, -0.15) is 14.9 Å². The van der Waals surface area contributed by atoms with E-state index in [2.05, 4.69) is 53.7 Å². The third-order valence-electron chi connectivity index (χ3n) is 7.48. The Morgan fingerprint density at radius 3 is 2.84 bits per heavy atom. The molecule has 3 fully saturated rings. The van der Waals surface area contributed by atoms with Crippen LogP contribution in [0.2, 0.25) is 0 Å². The number of rotatable bonds is 6. The Bertz CT molecular complexity index is 1240. The first-order chi connectivity index (χ1) is 18.1. The number of aliphatic imine (C=N–C) groups is 2. The van der Waals surface area contributed by atoms with E-state index in [-0.39, 0.29) is 23.1 Å². The highest BCUT2D eigenvalue weighted by Gasteiger charge is 2.33. The second-order valence-corrected chi connectivity index (χ2v) is 9.99. The average Bonchev–Trinajstić information content (AvgIpc) is 3.66. The van der Waals surface area contributed by atoms with Crippen molar-refractivity contribution < 1.29 is 4.39 Å². The van der Waals surface area contributed by atoms with E-state index in [1.807, 2.05) is 0 Å².